The van der Waals surface area contributed by atoms with Gasteiger partial charge in [-0.2, -0.15) is 5.26 Å². The SMILES string of the molecule is CN1C(N)=C(C#N)[C@H](c2ccc(OCc3ccc(I)cc3)cc2)C2=C1CCCC2=O. The van der Waals surface area contributed by atoms with Crippen molar-refractivity contribution in [3.8, 4) is 11.8 Å². The number of ether oxygens (including phenoxy) is 1. The van der Waals surface area contributed by atoms with Crippen LogP contribution in [0.2, 0.25) is 0 Å². The molecule has 0 bridgehead atoms. The number of ketones is 1. The second-order valence-corrected chi connectivity index (χ2v) is 8.77. The third-order valence-corrected chi connectivity index (χ3v) is 6.42. The van der Waals surface area contributed by atoms with Gasteiger partial charge >= 0.3 is 0 Å². The third-order valence-electron chi connectivity index (χ3n) is 5.70. The number of carbonyl (C=O) groups is 1. The van der Waals surface area contributed by atoms with E-state index in [1.807, 2.05) is 43.4 Å². The zero-order valence-electron chi connectivity index (χ0n) is 16.7. The van der Waals surface area contributed by atoms with E-state index in [0.717, 1.165) is 35.4 Å². The van der Waals surface area contributed by atoms with Crippen LogP contribution in [0, 0.1) is 14.9 Å². The highest BCUT2D eigenvalue weighted by molar-refractivity contribution is 14.1. The monoisotopic (exact) mass is 511 g/mol. The average molecular weight is 511 g/mol. The number of carbonyl (C=O) groups excluding carboxylic acids is 1. The summed E-state index contributed by atoms with van der Waals surface area (Å²) in [6.07, 6.45) is 2.12. The Bertz CT molecular complexity index is 1080. The molecule has 0 fully saturated rings. The number of nitriles is 1. The normalized spacial score (nSPS) is 18.9. The molecule has 0 saturated heterocycles. The summed E-state index contributed by atoms with van der Waals surface area (Å²) in [6, 6.07) is 18.1. The molecule has 1 atom stereocenters. The first kappa shape index (κ1) is 20.5. The summed E-state index contributed by atoms with van der Waals surface area (Å²) < 4.78 is 7.09. The fraction of sp³-hybridized carbons (Fsp3) is 0.250. The highest BCUT2D eigenvalue weighted by Gasteiger charge is 2.38. The Hall–Kier alpha value is -2.79. The molecule has 2 aromatic carbocycles. The highest BCUT2D eigenvalue weighted by atomic mass is 127. The largest absolute Gasteiger partial charge is 0.489 e. The molecule has 6 heteroatoms. The van der Waals surface area contributed by atoms with Crippen molar-refractivity contribution in [3.63, 3.8) is 0 Å². The fourth-order valence-corrected chi connectivity index (χ4v) is 4.46. The molecule has 0 aromatic heterocycles. The summed E-state index contributed by atoms with van der Waals surface area (Å²) >= 11 is 2.28. The highest BCUT2D eigenvalue weighted by Crippen LogP contribution is 2.44. The number of hydrogen-bond donors (Lipinski definition) is 1. The van der Waals surface area contributed by atoms with Gasteiger partial charge in [0.15, 0.2) is 5.78 Å². The quantitative estimate of drug-likeness (QED) is 0.608. The second-order valence-electron chi connectivity index (χ2n) is 7.52. The van der Waals surface area contributed by atoms with E-state index < -0.39 is 5.92 Å². The number of hydrogen-bond acceptors (Lipinski definition) is 5. The van der Waals surface area contributed by atoms with E-state index >= 15 is 0 Å². The molecule has 0 amide bonds. The summed E-state index contributed by atoms with van der Waals surface area (Å²) in [6.45, 7) is 0.481. The number of halogens is 1. The van der Waals surface area contributed by atoms with Crippen LogP contribution in [0.1, 0.15) is 36.3 Å². The number of nitrogens with two attached hydrogens (primary N) is 1. The number of rotatable bonds is 4. The van der Waals surface area contributed by atoms with Crippen LogP contribution >= 0.6 is 22.6 Å². The van der Waals surface area contributed by atoms with E-state index in [1.54, 1.807) is 4.90 Å². The van der Waals surface area contributed by atoms with Crippen LogP contribution in [0.25, 0.3) is 0 Å². The number of Topliss-reactive ketones (excluding diaryl/α,β-unsaturated/α-hetero) is 1. The first-order chi connectivity index (χ1) is 14.5. The maximum absolute atomic E-state index is 12.8. The van der Waals surface area contributed by atoms with Gasteiger partial charge in [0.1, 0.15) is 18.2 Å². The lowest BCUT2D eigenvalue weighted by molar-refractivity contribution is -0.116. The molecule has 1 aliphatic carbocycles. The standard InChI is InChI=1S/C24H22IN3O2/c1-28-20-3-2-4-21(29)23(20)22(19(13-26)24(28)27)16-7-11-18(12-8-16)30-14-15-5-9-17(25)10-6-15/h5-12,22H,2-4,14,27H2,1H3/t22-/m0/s1. The second kappa shape index (κ2) is 8.52. The molecule has 2 N–H and O–H groups in total. The lowest BCUT2D eigenvalue weighted by Crippen LogP contribution is -2.36. The smallest absolute Gasteiger partial charge is 0.161 e. The molecule has 5 nitrogen and oxygen atoms in total. The van der Waals surface area contributed by atoms with Crippen molar-refractivity contribution < 1.29 is 9.53 Å². The van der Waals surface area contributed by atoms with Crippen LogP contribution in [0.4, 0.5) is 0 Å². The Labute approximate surface area is 190 Å². The van der Waals surface area contributed by atoms with E-state index in [9.17, 15) is 10.1 Å². The van der Waals surface area contributed by atoms with Gasteiger partial charge in [-0.15, -0.1) is 0 Å². The molecule has 2 aliphatic rings. The number of allylic oxidation sites excluding steroid dienone is 3. The topological polar surface area (TPSA) is 79.3 Å². The van der Waals surface area contributed by atoms with E-state index in [0.29, 0.717) is 30.0 Å². The average Bonchev–Trinajstić information content (AvgIpc) is 2.76. The summed E-state index contributed by atoms with van der Waals surface area (Å²) in [4.78, 5) is 14.6. The summed E-state index contributed by atoms with van der Waals surface area (Å²) in [7, 11) is 1.83. The molecule has 4 rings (SSSR count). The molecule has 30 heavy (non-hydrogen) atoms. The Balaban J connectivity index is 1.61. The van der Waals surface area contributed by atoms with Crippen molar-refractivity contribution in [2.45, 2.75) is 31.8 Å². The molecule has 1 heterocycles. The van der Waals surface area contributed by atoms with E-state index in [1.165, 1.54) is 3.57 Å². The molecule has 1 aliphatic heterocycles. The van der Waals surface area contributed by atoms with E-state index in [4.69, 9.17) is 10.5 Å². The van der Waals surface area contributed by atoms with Crippen molar-refractivity contribution >= 4 is 28.4 Å². The molecule has 0 unspecified atom stereocenters. The summed E-state index contributed by atoms with van der Waals surface area (Å²) in [5, 5.41) is 9.80. The van der Waals surface area contributed by atoms with Crippen molar-refractivity contribution in [2.24, 2.45) is 5.73 Å². The molecular formula is C24H22IN3O2. The Kier molecular flexibility index (Phi) is 5.82. The number of benzene rings is 2. The minimum atomic E-state index is -0.417. The lowest BCUT2D eigenvalue weighted by Gasteiger charge is -2.37. The maximum atomic E-state index is 12.8. The van der Waals surface area contributed by atoms with Crippen molar-refractivity contribution in [1.29, 1.82) is 5.26 Å². The predicted octanol–water partition coefficient (Wildman–Crippen LogP) is 4.60. The van der Waals surface area contributed by atoms with Crippen molar-refractivity contribution in [2.75, 3.05) is 7.05 Å². The van der Waals surface area contributed by atoms with Gasteiger partial charge in [0.25, 0.3) is 0 Å². The van der Waals surface area contributed by atoms with E-state index in [2.05, 4.69) is 40.8 Å². The Morgan fingerprint density at radius 2 is 1.87 bits per heavy atom. The zero-order chi connectivity index (χ0) is 21.3. The third kappa shape index (κ3) is 3.82. The van der Waals surface area contributed by atoms with Crippen LogP contribution in [0.15, 0.2) is 71.2 Å². The Morgan fingerprint density at radius 1 is 1.17 bits per heavy atom. The lowest BCUT2D eigenvalue weighted by atomic mass is 9.76. The van der Waals surface area contributed by atoms with Gasteiger partial charge in [-0.25, -0.2) is 0 Å². The summed E-state index contributed by atoms with van der Waals surface area (Å²) in [5.74, 6) is 0.853. The van der Waals surface area contributed by atoms with Gasteiger partial charge < -0.3 is 15.4 Å². The van der Waals surface area contributed by atoms with Crippen LogP contribution in [0.5, 0.6) is 5.75 Å². The van der Waals surface area contributed by atoms with Gasteiger partial charge in [0.05, 0.1) is 17.6 Å². The molecule has 152 valence electrons. The van der Waals surface area contributed by atoms with Gasteiger partial charge in [-0.1, -0.05) is 24.3 Å². The predicted molar refractivity (Wildman–Crippen MR) is 123 cm³/mol. The van der Waals surface area contributed by atoms with Crippen LogP contribution in [-0.4, -0.2) is 17.7 Å². The molecule has 2 aromatic rings. The fourth-order valence-electron chi connectivity index (χ4n) is 4.10. The summed E-state index contributed by atoms with van der Waals surface area (Å²) in [5.41, 5.74) is 10.3. The first-order valence-corrected chi connectivity index (χ1v) is 10.9. The zero-order valence-corrected chi connectivity index (χ0v) is 18.8. The van der Waals surface area contributed by atoms with Crippen LogP contribution in [-0.2, 0) is 11.4 Å². The van der Waals surface area contributed by atoms with Crippen LogP contribution in [0.3, 0.4) is 0 Å². The molecule has 0 spiro atoms. The maximum Gasteiger partial charge on any atom is 0.161 e. The van der Waals surface area contributed by atoms with Crippen LogP contribution < -0.4 is 10.5 Å². The van der Waals surface area contributed by atoms with Gasteiger partial charge in [-0.3, -0.25) is 4.79 Å². The van der Waals surface area contributed by atoms with Gasteiger partial charge in [0.2, 0.25) is 0 Å². The van der Waals surface area contributed by atoms with Gasteiger partial charge in [0, 0.05) is 28.3 Å². The van der Waals surface area contributed by atoms with Crippen molar-refractivity contribution in [1.82, 2.24) is 4.90 Å². The minimum absolute atomic E-state index is 0.104. The number of nitrogens with zero attached hydrogens (tertiary/aromatic N) is 2. The van der Waals surface area contributed by atoms with E-state index in [-0.39, 0.29) is 5.78 Å². The molecular weight excluding hydrogens is 489 g/mol. The Morgan fingerprint density at radius 3 is 2.53 bits per heavy atom. The first-order valence-electron chi connectivity index (χ1n) is 9.86. The minimum Gasteiger partial charge on any atom is -0.489 e. The van der Waals surface area contributed by atoms with Gasteiger partial charge in [-0.05, 0) is 70.8 Å². The molecule has 0 radical (unpaired) electrons. The van der Waals surface area contributed by atoms with Crippen molar-refractivity contribution in [3.05, 3.63) is 85.9 Å². The molecule has 0 saturated carbocycles.